The predicted octanol–water partition coefficient (Wildman–Crippen LogP) is 5.02. The normalized spacial score (nSPS) is 12.9. The van der Waals surface area contributed by atoms with Gasteiger partial charge in [-0.05, 0) is 30.3 Å². The molecule has 0 fully saturated rings. The predicted molar refractivity (Wildman–Crippen MR) is 128 cm³/mol. The van der Waals surface area contributed by atoms with Gasteiger partial charge < -0.3 is 9.47 Å². The standard InChI is InChI=1S/C23H14FN5O6S/c24-17-3-1-2-4-18(17)26-23-27(20(12-36-23)14-5-7-16(8-6-14)28(30)31)25-11-15-9-21-22(35-13-34-21)10-19(15)29(32)33/h1-12H,13H2. The Kier molecular flexibility index (Phi) is 5.96. The maximum absolute atomic E-state index is 14.3. The minimum Gasteiger partial charge on any atom is -0.454 e. The maximum Gasteiger partial charge on any atom is 0.282 e. The summed E-state index contributed by atoms with van der Waals surface area (Å²) in [5.74, 6) is 0.0535. The number of ether oxygens (including phenoxy) is 2. The van der Waals surface area contributed by atoms with Crippen molar-refractivity contribution in [1.82, 2.24) is 4.68 Å². The molecule has 3 aromatic carbocycles. The van der Waals surface area contributed by atoms with E-state index >= 15 is 0 Å². The van der Waals surface area contributed by atoms with Crippen LogP contribution in [0.5, 0.6) is 11.5 Å². The molecule has 180 valence electrons. The second kappa shape index (κ2) is 9.38. The number of nitro benzene ring substituents is 2. The Bertz CT molecular complexity index is 1600. The average Bonchev–Trinajstić information content (AvgIpc) is 3.49. The molecule has 13 heteroatoms. The smallest absolute Gasteiger partial charge is 0.282 e. The molecule has 0 amide bonds. The van der Waals surface area contributed by atoms with Crippen LogP contribution in [0.25, 0.3) is 11.3 Å². The molecule has 4 aromatic rings. The third-order valence-electron chi connectivity index (χ3n) is 5.16. The molecule has 0 unspecified atom stereocenters. The summed E-state index contributed by atoms with van der Waals surface area (Å²) in [5, 5.41) is 28.8. The lowest BCUT2D eigenvalue weighted by Crippen LogP contribution is -2.12. The first kappa shape index (κ1) is 22.9. The Morgan fingerprint density at radius 1 is 1.00 bits per heavy atom. The number of benzene rings is 3. The zero-order valence-electron chi connectivity index (χ0n) is 18.1. The van der Waals surface area contributed by atoms with E-state index < -0.39 is 15.7 Å². The first-order valence-electron chi connectivity index (χ1n) is 10.3. The summed E-state index contributed by atoms with van der Waals surface area (Å²) in [6, 6.07) is 14.4. The van der Waals surface area contributed by atoms with Gasteiger partial charge in [0.05, 0.1) is 33.4 Å². The molecule has 0 atom stereocenters. The number of hydrogen-bond acceptors (Lipinski definition) is 9. The number of non-ortho nitro benzene ring substituents is 1. The third kappa shape index (κ3) is 4.42. The summed E-state index contributed by atoms with van der Waals surface area (Å²) in [6.07, 6.45) is 1.27. The van der Waals surface area contributed by atoms with Crippen molar-refractivity contribution in [1.29, 1.82) is 0 Å². The number of nitrogens with zero attached hydrogens (tertiary/aromatic N) is 5. The van der Waals surface area contributed by atoms with E-state index in [4.69, 9.17) is 9.47 Å². The van der Waals surface area contributed by atoms with Gasteiger partial charge in [0.2, 0.25) is 11.6 Å². The number of halogens is 1. The molecule has 0 bridgehead atoms. The van der Waals surface area contributed by atoms with Crippen LogP contribution in [0, 0.1) is 26.0 Å². The van der Waals surface area contributed by atoms with Crippen LogP contribution in [0.15, 0.2) is 76.1 Å². The summed E-state index contributed by atoms with van der Waals surface area (Å²) in [4.78, 5) is 26.2. The van der Waals surface area contributed by atoms with E-state index in [1.165, 1.54) is 53.4 Å². The summed E-state index contributed by atoms with van der Waals surface area (Å²) in [6.45, 7) is -0.0532. The number of rotatable bonds is 6. The number of aromatic nitrogens is 1. The van der Waals surface area contributed by atoms with E-state index in [-0.39, 0.29) is 40.0 Å². The molecule has 36 heavy (non-hydrogen) atoms. The summed E-state index contributed by atoms with van der Waals surface area (Å²) in [5.41, 5.74) is 0.954. The first-order chi connectivity index (χ1) is 17.4. The molecule has 2 heterocycles. The average molecular weight is 507 g/mol. The lowest BCUT2D eigenvalue weighted by atomic mass is 10.1. The summed E-state index contributed by atoms with van der Waals surface area (Å²) < 4.78 is 26.2. The van der Waals surface area contributed by atoms with Gasteiger partial charge in [0, 0.05) is 23.1 Å². The van der Waals surface area contributed by atoms with Gasteiger partial charge in [-0.2, -0.15) is 5.10 Å². The fourth-order valence-electron chi connectivity index (χ4n) is 3.41. The van der Waals surface area contributed by atoms with Crippen molar-refractivity contribution in [2.45, 2.75) is 0 Å². The monoisotopic (exact) mass is 507 g/mol. The SMILES string of the molecule is O=[N+]([O-])c1ccc(-c2csc(=Nc3ccccc3F)n2N=Cc2cc3c(cc2[N+](=O)[O-])OCO3)cc1. The highest BCUT2D eigenvalue weighted by molar-refractivity contribution is 7.07. The van der Waals surface area contributed by atoms with Gasteiger partial charge >= 0.3 is 0 Å². The van der Waals surface area contributed by atoms with Crippen LogP contribution >= 0.6 is 11.3 Å². The van der Waals surface area contributed by atoms with Crippen molar-refractivity contribution in [3.05, 3.63) is 102 Å². The van der Waals surface area contributed by atoms with E-state index in [1.54, 1.807) is 23.6 Å². The molecule has 0 saturated heterocycles. The number of hydrogen-bond donors (Lipinski definition) is 0. The second-order valence-electron chi connectivity index (χ2n) is 7.35. The van der Waals surface area contributed by atoms with Crippen molar-refractivity contribution in [3.8, 4) is 22.8 Å². The molecule has 0 saturated carbocycles. The van der Waals surface area contributed by atoms with Crippen molar-refractivity contribution in [3.63, 3.8) is 0 Å². The topological polar surface area (TPSA) is 134 Å². The van der Waals surface area contributed by atoms with Crippen molar-refractivity contribution < 1.29 is 23.7 Å². The second-order valence-corrected chi connectivity index (χ2v) is 8.19. The molecule has 1 aromatic heterocycles. The number of para-hydroxylation sites is 1. The van der Waals surface area contributed by atoms with E-state index in [1.807, 2.05) is 0 Å². The van der Waals surface area contributed by atoms with E-state index in [2.05, 4.69) is 10.1 Å². The Labute approximate surface area is 205 Å². The van der Waals surface area contributed by atoms with Gasteiger partial charge in [0.15, 0.2) is 11.5 Å². The van der Waals surface area contributed by atoms with Crippen LogP contribution in [-0.4, -0.2) is 27.5 Å². The zero-order chi connectivity index (χ0) is 25.2. The first-order valence-corrected chi connectivity index (χ1v) is 11.2. The van der Waals surface area contributed by atoms with E-state index in [0.717, 1.165) is 11.3 Å². The number of nitro groups is 2. The molecule has 1 aliphatic rings. The Morgan fingerprint density at radius 2 is 1.72 bits per heavy atom. The largest absolute Gasteiger partial charge is 0.454 e. The van der Waals surface area contributed by atoms with Gasteiger partial charge in [-0.15, -0.1) is 11.3 Å². The quantitative estimate of drug-likeness (QED) is 0.204. The highest BCUT2D eigenvalue weighted by Crippen LogP contribution is 2.37. The van der Waals surface area contributed by atoms with Gasteiger partial charge in [0.25, 0.3) is 11.4 Å². The summed E-state index contributed by atoms with van der Waals surface area (Å²) in [7, 11) is 0. The fraction of sp³-hybridized carbons (Fsp3) is 0.0435. The Balaban J connectivity index is 1.66. The maximum atomic E-state index is 14.3. The van der Waals surface area contributed by atoms with Crippen molar-refractivity contribution in [2.75, 3.05) is 6.79 Å². The highest BCUT2D eigenvalue weighted by atomic mass is 32.1. The zero-order valence-corrected chi connectivity index (χ0v) is 18.9. The van der Waals surface area contributed by atoms with Gasteiger partial charge in [-0.1, -0.05) is 12.1 Å². The lowest BCUT2D eigenvalue weighted by Gasteiger charge is -2.05. The van der Waals surface area contributed by atoms with E-state index in [9.17, 15) is 24.6 Å². The Morgan fingerprint density at radius 3 is 2.42 bits per heavy atom. The number of fused-ring (bicyclic) bond motifs is 1. The van der Waals surface area contributed by atoms with Gasteiger partial charge in [-0.3, -0.25) is 20.2 Å². The third-order valence-corrected chi connectivity index (χ3v) is 5.97. The van der Waals surface area contributed by atoms with Crippen LogP contribution in [0.1, 0.15) is 5.56 Å². The fourth-order valence-corrected chi connectivity index (χ4v) is 4.26. The molecule has 1 aliphatic heterocycles. The molecule has 0 N–H and O–H groups in total. The Hall–Kier alpha value is -4.91. The van der Waals surface area contributed by atoms with Crippen LogP contribution in [0.2, 0.25) is 0 Å². The summed E-state index contributed by atoms with van der Waals surface area (Å²) >= 11 is 1.15. The molecule has 0 spiro atoms. The van der Waals surface area contributed by atoms with Gasteiger partial charge in [0.1, 0.15) is 11.5 Å². The minimum absolute atomic E-state index is 0.0532. The molecular formula is C23H14FN5O6S. The van der Waals surface area contributed by atoms with Crippen LogP contribution in [0.4, 0.5) is 21.5 Å². The van der Waals surface area contributed by atoms with Gasteiger partial charge in [-0.25, -0.2) is 14.1 Å². The minimum atomic E-state index is -0.566. The lowest BCUT2D eigenvalue weighted by molar-refractivity contribution is -0.385. The molecule has 5 rings (SSSR count). The van der Waals surface area contributed by atoms with Crippen LogP contribution in [0.3, 0.4) is 0 Å². The van der Waals surface area contributed by atoms with Crippen LogP contribution < -0.4 is 14.3 Å². The molecular weight excluding hydrogens is 493 g/mol. The highest BCUT2D eigenvalue weighted by Gasteiger charge is 2.22. The van der Waals surface area contributed by atoms with Crippen molar-refractivity contribution in [2.24, 2.45) is 10.1 Å². The number of thiazole rings is 1. The van der Waals surface area contributed by atoms with Crippen molar-refractivity contribution >= 4 is 34.6 Å². The van der Waals surface area contributed by atoms with Crippen LogP contribution in [-0.2, 0) is 0 Å². The molecule has 0 aliphatic carbocycles. The van der Waals surface area contributed by atoms with E-state index in [0.29, 0.717) is 17.0 Å². The molecule has 11 nitrogen and oxygen atoms in total. The molecule has 0 radical (unpaired) electrons.